The highest BCUT2D eigenvalue weighted by atomic mass is 16.2. The van der Waals surface area contributed by atoms with E-state index in [9.17, 15) is 9.59 Å². The molecule has 0 aliphatic heterocycles. The molecule has 4 heteroatoms. The highest BCUT2D eigenvalue weighted by molar-refractivity contribution is 6.08. The Hall–Kier alpha value is -2.62. The summed E-state index contributed by atoms with van der Waals surface area (Å²) < 4.78 is 0. The summed E-state index contributed by atoms with van der Waals surface area (Å²) in [6, 6.07) is 13.6. The molecule has 0 aliphatic rings. The summed E-state index contributed by atoms with van der Waals surface area (Å²) in [5.74, 6) is -0.629. The van der Waals surface area contributed by atoms with E-state index in [2.05, 4.69) is 31.4 Å². The number of nitrogens with one attached hydrogen (secondary N) is 2. The Kier molecular flexibility index (Phi) is 6.19. The van der Waals surface area contributed by atoms with Gasteiger partial charge in [-0.1, -0.05) is 58.0 Å². The maximum Gasteiger partial charge on any atom is 0.233 e. The number of aryl methyl sites for hydroxylation is 2. The van der Waals surface area contributed by atoms with Crippen molar-refractivity contribution in [1.82, 2.24) is 0 Å². The standard InChI is InChI=1S/C22H28N2O2/c1-6-16-9-7-8-15(2)21(16)24-20(26)14-19(25)23-18-12-10-17(11-13-18)22(3,4)5/h7-13H,6,14H2,1-5H3,(H,23,25)(H,24,26). The van der Waals surface area contributed by atoms with Gasteiger partial charge in [-0.2, -0.15) is 0 Å². The number of rotatable bonds is 5. The molecule has 26 heavy (non-hydrogen) atoms. The fraction of sp³-hybridized carbons (Fsp3) is 0.364. The fourth-order valence-corrected chi connectivity index (χ4v) is 2.79. The lowest BCUT2D eigenvalue weighted by Gasteiger charge is -2.19. The number of para-hydroxylation sites is 1. The van der Waals surface area contributed by atoms with Crippen LogP contribution < -0.4 is 10.6 Å². The lowest BCUT2D eigenvalue weighted by molar-refractivity contribution is -0.123. The maximum atomic E-state index is 12.2. The van der Waals surface area contributed by atoms with Crippen molar-refractivity contribution in [3.05, 3.63) is 59.2 Å². The molecule has 0 aromatic heterocycles. The van der Waals surface area contributed by atoms with Crippen LogP contribution in [0.5, 0.6) is 0 Å². The van der Waals surface area contributed by atoms with Gasteiger partial charge in [0.25, 0.3) is 0 Å². The zero-order chi connectivity index (χ0) is 19.3. The number of anilines is 2. The van der Waals surface area contributed by atoms with Gasteiger partial charge >= 0.3 is 0 Å². The van der Waals surface area contributed by atoms with Crippen LogP contribution in [0.4, 0.5) is 11.4 Å². The molecular formula is C22H28N2O2. The van der Waals surface area contributed by atoms with Crippen molar-refractivity contribution in [2.75, 3.05) is 10.6 Å². The third-order valence-corrected chi connectivity index (χ3v) is 4.36. The van der Waals surface area contributed by atoms with E-state index in [1.807, 2.05) is 56.3 Å². The minimum Gasteiger partial charge on any atom is -0.326 e. The Morgan fingerprint density at radius 2 is 1.54 bits per heavy atom. The fourth-order valence-electron chi connectivity index (χ4n) is 2.79. The van der Waals surface area contributed by atoms with Crippen molar-refractivity contribution in [3.63, 3.8) is 0 Å². The second-order valence-corrected chi connectivity index (χ2v) is 7.56. The Morgan fingerprint density at radius 3 is 2.12 bits per heavy atom. The Labute approximate surface area is 156 Å². The SMILES string of the molecule is CCc1cccc(C)c1NC(=O)CC(=O)Nc1ccc(C(C)(C)C)cc1. The predicted molar refractivity (Wildman–Crippen MR) is 108 cm³/mol. The first-order valence-electron chi connectivity index (χ1n) is 8.99. The largest absolute Gasteiger partial charge is 0.326 e. The van der Waals surface area contributed by atoms with E-state index in [0.29, 0.717) is 5.69 Å². The van der Waals surface area contributed by atoms with Crippen LogP contribution in [0.25, 0.3) is 0 Å². The van der Waals surface area contributed by atoms with Gasteiger partial charge in [0, 0.05) is 11.4 Å². The monoisotopic (exact) mass is 352 g/mol. The molecule has 0 aliphatic carbocycles. The quantitative estimate of drug-likeness (QED) is 0.758. The van der Waals surface area contributed by atoms with Crippen LogP contribution in [0.2, 0.25) is 0 Å². The normalized spacial score (nSPS) is 11.1. The number of hydrogen-bond acceptors (Lipinski definition) is 2. The van der Waals surface area contributed by atoms with Gasteiger partial charge in [-0.3, -0.25) is 9.59 Å². The van der Waals surface area contributed by atoms with Gasteiger partial charge in [0.05, 0.1) is 0 Å². The molecule has 0 heterocycles. The van der Waals surface area contributed by atoms with Crippen molar-refractivity contribution in [3.8, 4) is 0 Å². The highest BCUT2D eigenvalue weighted by Gasteiger charge is 2.15. The topological polar surface area (TPSA) is 58.2 Å². The summed E-state index contributed by atoms with van der Waals surface area (Å²) in [5, 5.41) is 5.66. The number of carbonyl (C=O) groups is 2. The van der Waals surface area contributed by atoms with Crippen LogP contribution in [0.3, 0.4) is 0 Å². The van der Waals surface area contributed by atoms with Crippen LogP contribution >= 0.6 is 0 Å². The molecule has 2 aromatic carbocycles. The molecule has 138 valence electrons. The molecule has 0 spiro atoms. The molecule has 4 nitrogen and oxygen atoms in total. The van der Waals surface area contributed by atoms with E-state index < -0.39 is 0 Å². The number of benzene rings is 2. The lowest BCUT2D eigenvalue weighted by atomic mass is 9.87. The van der Waals surface area contributed by atoms with Gasteiger partial charge in [0.15, 0.2) is 0 Å². The van der Waals surface area contributed by atoms with Crippen LogP contribution in [-0.2, 0) is 21.4 Å². The summed E-state index contributed by atoms with van der Waals surface area (Å²) in [4.78, 5) is 24.4. The minimum atomic E-state index is -0.322. The second-order valence-electron chi connectivity index (χ2n) is 7.56. The van der Waals surface area contributed by atoms with Crippen molar-refractivity contribution >= 4 is 23.2 Å². The maximum absolute atomic E-state index is 12.2. The smallest absolute Gasteiger partial charge is 0.233 e. The molecule has 0 atom stereocenters. The van der Waals surface area contributed by atoms with Crippen molar-refractivity contribution < 1.29 is 9.59 Å². The lowest BCUT2D eigenvalue weighted by Crippen LogP contribution is -2.22. The van der Waals surface area contributed by atoms with Gasteiger partial charge < -0.3 is 10.6 Å². The molecule has 0 saturated carbocycles. The van der Waals surface area contributed by atoms with E-state index in [1.165, 1.54) is 5.56 Å². The second kappa shape index (κ2) is 8.17. The minimum absolute atomic E-state index is 0.0625. The first kappa shape index (κ1) is 19.7. The van der Waals surface area contributed by atoms with Crippen LogP contribution in [0.15, 0.2) is 42.5 Å². The van der Waals surface area contributed by atoms with Crippen LogP contribution in [0.1, 0.15) is 50.8 Å². The van der Waals surface area contributed by atoms with Crippen molar-refractivity contribution in [2.45, 2.75) is 52.9 Å². The van der Waals surface area contributed by atoms with Crippen molar-refractivity contribution in [2.24, 2.45) is 0 Å². The molecule has 0 radical (unpaired) electrons. The number of hydrogen-bond donors (Lipinski definition) is 2. The summed E-state index contributed by atoms with van der Waals surface area (Å²) in [7, 11) is 0. The van der Waals surface area contributed by atoms with E-state index >= 15 is 0 Å². The van der Waals surface area contributed by atoms with E-state index in [0.717, 1.165) is 23.2 Å². The molecular weight excluding hydrogens is 324 g/mol. The third kappa shape index (κ3) is 5.19. The molecule has 0 fully saturated rings. The molecule has 0 unspecified atom stereocenters. The van der Waals surface area contributed by atoms with Gasteiger partial charge in [-0.05, 0) is 47.6 Å². The first-order valence-corrected chi connectivity index (χ1v) is 8.99. The number of carbonyl (C=O) groups excluding carboxylic acids is 2. The predicted octanol–water partition coefficient (Wildman–Crippen LogP) is 4.82. The molecule has 0 saturated heterocycles. The van der Waals surface area contributed by atoms with E-state index in [4.69, 9.17) is 0 Å². The summed E-state index contributed by atoms with van der Waals surface area (Å²) in [6.07, 6.45) is 0.613. The summed E-state index contributed by atoms with van der Waals surface area (Å²) in [5.41, 5.74) is 4.82. The van der Waals surface area contributed by atoms with E-state index in [-0.39, 0.29) is 23.7 Å². The summed E-state index contributed by atoms with van der Waals surface area (Å²) >= 11 is 0. The first-order chi connectivity index (χ1) is 12.2. The third-order valence-electron chi connectivity index (χ3n) is 4.36. The molecule has 0 bridgehead atoms. The van der Waals surface area contributed by atoms with Crippen LogP contribution in [0, 0.1) is 6.92 Å². The average molecular weight is 352 g/mol. The molecule has 2 N–H and O–H groups in total. The highest BCUT2D eigenvalue weighted by Crippen LogP contribution is 2.24. The zero-order valence-corrected chi connectivity index (χ0v) is 16.3. The van der Waals surface area contributed by atoms with Crippen molar-refractivity contribution in [1.29, 1.82) is 0 Å². The summed E-state index contributed by atoms with van der Waals surface area (Å²) in [6.45, 7) is 10.4. The average Bonchev–Trinajstić information content (AvgIpc) is 2.56. The Balaban J connectivity index is 1.97. The van der Waals surface area contributed by atoms with E-state index in [1.54, 1.807) is 0 Å². The molecule has 2 rings (SSSR count). The van der Waals surface area contributed by atoms with Gasteiger partial charge in [0.2, 0.25) is 11.8 Å². The Bertz CT molecular complexity index is 787. The zero-order valence-electron chi connectivity index (χ0n) is 16.3. The van der Waals surface area contributed by atoms with Crippen LogP contribution in [-0.4, -0.2) is 11.8 Å². The Morgan fingerprint density at radius 1 is 0.923 bits per heavy atom. The molecule has 2 aromatic rings. The van der Waals surface area contributed by atoms with Gasteiger partial charge in [0.1, 0.15) is 6.42 Å². The van der Waals surface area contributed by atoms with Gasteiger partial charge in [-0.25, -0.2) is 0 Å². The van der Waals surface area contributed by atoms with Gasteiger partial charge in [-0.15, -0.1) is 0 Å². The molecule has 2 amide bonds. The number of amides is 2.